The summed E-state index contributed by atoms with van der Waals surface area (Å²) in [5, 5.41) is 13.2. The van der Waals surface area contributed by atoms with Crippen molar-refractivity contribution >= 4 is 17.5 Å². The molecule has 1 saturated heterocycles. The van der Waals surface area contributed by atoms with E-state index in [1.807, 2.05) is 53.4 Å². The summed E-state index contributed by atoms with van der Waals surface area (Å²) in [6, 6.07) is 17.7. The fourth-order valence-electron chi connectivity index (χ4n) is 8.91. The molecule has 0 unspecified atom stereocenters. The highest BCUT2D eigenvalue weighted by Gasteiger charge is 2.50. The summed E-state index contributed by atoms with van der Waals surface area (Å²) >= 11 is 0. The molecule has 0 spiro atoms. The lowest BCUT2D eigenvalue weighted by Gasteiger charge is -2.56. The van der Waals surface area contributed by atoms with Gasteiger partial charge < -0.3 is 20.2 Å². The Bertz CT molecular complexity index is 1440. The van der Waals surface area contributed by atoms with E-state index < -0.39 is 0 Å². The zero-order chi connectivity index (χ0) is 29.4. The highest BCUT2D eigenvalue weighted by Crippen LogP contribution is 2.59. The van der Waals surface area contributed by atoms with Crippen LogP contribution in [-0.4, -0.2) is 59.5 Å². The van der Waals surface area contributed by atoms with E-state index in [9.17, 15) is 14.7 Å². The number of amides is 2. The van der Waals surface area contributed by atoms with Gasteiger partial charge in [0.05, 0.1) is 6.20 Å². The lowest BCUT2D eigenvalue weighted by Crippen LogP contribution is -2.51. The standard InChI is InChI=1S/C36H42N4O3/c41-32-18-30(22-37-23-32)33-4-2-1-3-28(33)7-10-34(42)40-13-11-39(12-14-40)31-8-5-29(6-9-31)35(43)38-24-36-19-25-15-26(20-36)17-27(16-25)21-36/h1-6,8-9,18,22-23,25-27,41H,7,10-17,19-21,24H2,(H,38,43). The van der Waals surface area contributed by atoms with Crippen LogP contribution in [0.15, 0.2) is 67.0 Å². The minimum Gasteiger partial charge on any atom is -0.506 e. The van der Waals surface area contributed by atoms with Gasteiger partial charge in [0, 0.05) is 62.2 Å². The van der Waals surface area contributed by atoms with Gasteiger partial charge in [-0.2, -0.15) is 0 Å². The summed E-state index contributed by atoms with van der Waals surface area (Å²) in [6.45, 7) is 3.74. The molecule has 1 aromatic heterocycles. The largest absolute Gasteiger partial charge is 0.506 e. The lowest BCUT2D eigenvalue weighted by molar-refractivity contribution is -0.131. The summed E-state index contributed by atoms with van der Waals surface area (Å²) in [4.78, 5) is 34.5. The van der Waals surface area contributed by atoms with Crippen molar-refractivity contribution in [2.24, 2.45) is 23.2 Å². The summed E-state index contributed by atoms with van der Waals surface area (Å²) < 4.78 is 0. The average Bonchev–Trinajstić information content (AvgIpc) is 3.02. The summed E-state index contributed by atoms with van der Waals surface area (Å²) in [6.07, 6.45) is 12.4. The molecule has 5 fully saturated rings. The topological polar surface area (TPSA) is 85.8 Å². The Morgan fingerprint density at radius 2 is 1.56 bits per heavy atom. The maximum atomic E-state index is 13.1. The number of aromatic nitrogens is 1. The summed E-state index contributed by atoms with van der Waals surface area (Å²) in [5.41, 5.74) is 5.08. The zero-order valence-electron chi connectivity index (χ0n) is 24.9. The summed E-state index contributed by atoms with van der Waals surface area (Å²) in [7, 11) is 0. The van der Waals surface area contributed by atoms with Gasteiger partial charge in [-0.3, -0.25) is 14.6 Å². The zero-order valence-corrected chi connectivity index (χ0v) is 24.9. The van der Waals surface area contributed by atoms with Crippen LogP contribution in [0.5, 0.6) is 5.75 Å². The third kappa shape index (κ3) is 5.99. The highest BCUT2D eigenvalue weighted by molar-refractivity contribution is 5.94. The Morgan fingerprint density at radius 1 is 0.884 bits per heavy atom. The van der Waals surface area contributed by atoms with Gasteiger partial charge in [-0.1, -0.05) is 24.3 Å². The Labute approximate surface area is 254 Å². The van der Waals surface area contributed by atoms with Gasteiger partial charge in [0.15, 0.2) is 0 Å². The van der Waals surface area contributed by atoms with Crippen LogP contribution in [0.2, 0.25) is 0 Å². The minimum absolute atomic E-state index is 0.0413. The first kappa shape index (κ1) is 27.9. The number of aromatic hydroxyl groups is 1. The van der Waals surface area contributed by atoms with Crippen molar-refractivity contribution < 1.29 is 14.7 Å². The normalized spacial score (nSPS) is 26.0. The van der Waals surface area contributed by atoms with Crippen molar-refractivity contribution in [1.29, 1.82) is 0 Å². The van der Waals surface area contributed by atoms with E-state index in [-0.39, 0.29) is 17.6 Å². The fourth-order valence-corrected chi connectivity index (χ4v) is 8.91. The van der Waals surface area contributed by atoms with Crippen LogP contribution in [-0.2, 0) is 11.2 Å². The number of anilines is 1. The number of hydrogen-bond acceptors (Lipinski definition) is 5. The molecule has 4 saturated carbocycles. The first-order chi connectivity index (χ1) is 20.9. The summed E-state index contributed by atoms with van der Waals surface area (Å²) in [5.74, 6) is 3.01. The van der Waals surface area contributed by atoms with Crippen LogP contribution in [0.4, 0.5) is 5.69 Å². The molecule has 224 valence electrons. The van der Waals surface area contributed by atoms with Gasteiger partial charge in [-0.05, 0) is 110 Å². The van der Waals surface area contributed by atoms with E-state index in [2.05, 4.69) is 15.2 Å². The van der Waals surface area contributed by atoms with Crippen molar-refractivity contribution in [2.45, 2.75) is 51.4 Å². The van der Waals surface area contributed by atoms with Gasteiger partial charge in [-0.15, -0.1) is 0 Å². The second kappa shape index (κ2) is 11.7. The predicted octanol–water partition coefficient (Wildman–Crippen LogP) is 5.68. The third-order valence-corrected chi connectivity index (χ3v) is 10.6. The molecule has 1 aliphatic heterocycles. The second-order valence-corrected chi connectivity index (χ2v) is 13.6. The number of aryl methyl sites for hydroxylation is 1. The molecule has 7 heteroatoms. The van der Waals surface area contributed by atoms with Crippen LogP contribution in [0, 0.1) is 23.2 Å². The van der Waals surface area contributed by atoms with E-state index in [0.717, 1.165) is 65.3 Å². The van der Waals surface area contributed by atoms with Crippen molar-refractivity contribution in [1.82, 2.24) is 15.2 Å². The van der Waals surface area contributed by atoms with Crippen molar-refractivity contribution in [3.63, 3.8) is 0 Å². The average molecular weight is 579 g/mol. The molecule has 3 aromatic rings. The van der Waals surface area contributed by atoms with E-state index >= 15 is 0 Å². The third-order valence-electron chi connectivity index (χ3n) is 10.6. The molecule has 4 bridgehead atoms. The van der Waals surface area contributed by atoms with E-state index in [4.69, 9.17) is 0 Å². The van der Waals surface area contributed by atoms with Crippen LogP contribution < -0.4 is 10.2 Å². The lowest BCUT2D eigenvalue weighted by atomic mass is 9.49. The molecule has 0 atom stereocenters. The van der Waals surface area contributed by atoms with Crippen LogP contribution in [0.1, 0.15) is 60.9 Å². The molecule has 2 heterocycles. The number of hydrogen-bond donors (Lipinski definition) is 2. The molecule has 8 rings (SSSR count). The molecular weight excluding hydrogens is 536 g/mol. The van der Waals surface area contributed by atoms with Crippen molar-refractivity contribution in [3.8, 4) is 16.9 Å². The molecule has 2 aromatic carbocycles. The van der Waals surface area contributed by atoms with E-state index in [0.29, 0.717) is 31.3 Å². The number of nitrogens with one attached hydrogen (secondary N) is 1. The number of nitrogens with zero attached hydrogens (tertiary/aromatic N) is 3. The molecule has 5 aliphatic rings. The monoisotopic (exact) mass is 578 g/mol. The maximum Gasteiger partial charge on any atom is 0.251 e. The van der Waals surface area contributed by atoms with Crippen LogP contribution in [0.3, 0.4) is 0 Å². The Kier molecular flexibility index (Phi) is 7.58. The van der Waals surface area contributed by atoms with Gasteiger partial charge in [0.25, 0.3) is 5.91 Å². The van der Waals surface area contributed by atoms with Crippen LogP contribution in [0.25, 0.3) is 11.1 Å². The minimum atomic E-state index is 0.0413. The number of piperazine rings is 1. The number of rotatable bonds is 8. The molecule has 43 heavy (non-hydrogen) atoms. The Morgan fingerprint density at radius 3 is 2.23 bits per heavy atom. The van der Waals surface area contributed by atoms with E-state index in [1.165, 1.54) is 44.7 Å². The molecule has 2 N–H and O–H groups in total. The highest BCUT2D eigenvalue weighted by atomic mass is 16.3. The molecule has 4 aliphatic carbocycles. The van der Waals surface area contributed by atoms with Gasteiger partial charge >= 0.3 is 0 Å². The fraction of sp³-hybridized carbons (Fsp3) is 0.472. The second-order valence-electron chi connectivity index (χ2n) is 13.6. The Balaban J connectivity index is 0.890. The first-order valence-electron chi connectivity index (χ1n) is 16.1. The number of carbonyl (C=O) groups excluding carboxylic acids is 2. The molecule has 7 nitrogen and oxygen atoms in total. The van der Waals surface area contributed by atoms with Gasteiger partial charge in [-0.25, -0.2) is 0 Å². The Hall–Kier alpha value is -3.87. The van der Waals surface area contributed by atoms with Gasteiger partial charge in [0.1, 0.15) is 5.75 Å². The SMILES string of the molecule is O=C(NCC12CC3CC(CC(C3)C1)C2)c1ccc(N2CCN(C(=O)CCc3ccccc3-c3cncc(O)c3)CC2)cc1. The number of carbonyl (C=O) groups is 2. The predicted molar refractivity (Wildman–Crippen MR) is 168 cm³/mol. The molecule has 0 radical (unpaired) electrons. The number of benzene rings is 2. The van der Waals surface area contributed by atoms with Crippen molar-refractivity contribution in [3.05, 3.63) is 78.1 Å². The quantitative estimate of drug-likeness (QED) is 0.359. The van der Waals surface area contributed by atoms with Crippen LogP contribution >= 0.6 is 0 Å². The maximum absolute atomic E-state index is 13.1. The molecular formula is C36H42N4O3. The molecule has 2 amide bonds. The number of pyridine rings is 1. The first-order valence-corrected chi connectivity index (χ1v) is 16.1. The van der Waals surface area contributed by atoms with Crippen molar-refractivity contribution in [2.75, 3.05) is 37.6 Å². The van der Waals surface area contributed by atoms with Gasteiger partial charge in [0.2, 0.25) is 5.91 Å². The van der Waals surface area contributed by atoms with E-state index in [1.54, 1.807) is 12.3 Å². The smallest absolute Gasteiger partial charge is 0.251 e.